The van der Waals surface area contributed by atoms with Crippen LogP contribution in [0.5, 0.6) is 5.75 Å². The third-order valence-electron chi connectivity index (χ3n) is 6.12. The molecular weight excluding hydrogens is 478 g/mol. The van der Waals surface area contributed by atoms with Crippen LogP contribution in [0, 0.1) is 6.92 Å². The molecule has 0 aliphatic carbocycles. The normalized spacial score (nSPS) is 15.2. The molecule has 1 heterocycles. The molecule has 1 amide bonds. The smallest absolute Gasteiger partial charge is 0.261 e. The van der Waals surface area contributed by atoms with E-state index in [-0.39, 0.29) is 22.4 Å². The minimum absolute atomic E-state index is 0.0246. The Morgan fingerprint density at radius 3 is 2.44 bits per heavy atom. The van der Waals surface area contributed by atoms with Gasteiger partial charge >= 0.3 is 0 Å². The molecule has 4 rings (SSSR count). The van der Waals surface area contributed by atoms with Gasteiger partial charge in [-0.05, 0) is 60.5 Å². The average Bonchev–Trinajstić information content (AvgIpc) is 2.89. The largest absolute Gasteiger partial charge is 0.497 e. The molecule has 1 atom stereocenters. The van der Waals surface area contributed by atoms with Gasteiger partial charge in [-0.1, -0.05) is 30.3 Å². The summed E-state index contributed by atoms with van der Waals surface area (Å²) in [6.45, 7) is 5.03. The van der Waals surface area contributed by atoms with Crippen molar-refractivity contribution in [2.75, 3.05) is 44.7 Å². The molecule has 8 nitrogen and oxygen atoms in total. The molecule has 1 aliphatic rings. The van der Waals surface area contributed by atoms with E-state index >= 15 is 0 Å². The summed E-state index contributed by atoms with van der Waals surface area (Å²) in [5, 5.41) is 2.99. The van der Waals surface area contributed by atoms with Crippen molar-refractivity contribution < 1.29 is 22.7 Å². The molecule has 0 aromatic heterocycles. The van der Waals surface area contributed by atoms with Crippen LogP contribution in [-0.2, 0) is 14.8 Å². The Morgan fingerprint density at radius 1 is 1.03 bits per heavy atom. The van der Waals surface area contributed by atoms with Gasteiger partial charge in [-0.3, -0.25) is 14.4 Å². The second-order valence-corrected chi connectivity index (χ2v) is 10.3. The molecule has 0 spiro atoms. The fourth-order valence-corrected chi connectivity index (χ4v) is 5.29. The lowest BCUT2D eigenvalue weighted by atomic mass is 10.0. The van der Waals surface area contributed by atoms with E-state index in [2.05, 4.69) is 14.9 Å². The Balaban J connectivity index is 1.48. The number of carbonyl (C=O) groups excluding carboxylic acids is 1. The number of amides is 1. The molecule has 2 N–H and O–H groups in total. The van der Waals surface area contributed by atoms with E-state index in [1.54, 1.807) is 37.4 Å². The van der Waals surface area contributed by atoms with Crippen LogP contribution in [0.25, 0.3) is 0 Å². The number of anilines is 1. The van der Waals surface area contributed by atoms with Crippen molar-refractivity contribution in [2.45, 2.75) is 17.9 Å². The van der Waals surface area contributed by atoms with Crippen LogP contribution in [0.15, 0.2) is 77.7 Å². The average molecular weight is 510 g/mol. The molecule has 0 unspecified atom stereocenters. The van der Waals surface area contributed by atoms with Gasteiger partial charge in [0.1, 0.15) is 5.75 Å². The van der Waals surface area contributed by atoms with E-state index in [0.717, 1.165) is 30.0 Å². The Kier molecular flexibility index (Phi) is 8.25. The van der Waals surface area contributed by atoms with Gasteiger partial charge in [0.25, 0.3) is 15.9 Å². The number of nitrogens with zero attached hydrogens (tertiary/aromatic N) is 1. The van der Waals surface area contributed by atoms with Gasteiger partial charge < -0.3 is 14.8 Å². The summed E-state index contributed by atoms with van der Waals surface area (Å²) in [5.74, 6) is 0.426. The first-order chi connectivity index (χ1) is 17.4. The minimum atomic E-state index is -3.85. The highest BCUT2D eigenvalue weighted by molar-refractivity contribution is 7.92. The van der Waals surface area contributed by atoms with Crippen LogP contribution in [0.3, 0.4) is 0 Å². The number of morpholine rings is 1. The maximum atomic E-state index is 13.1. The Bertz CT molecular complexity index is 1290. The monoisotopic (exact) mass is 509 g/mol. The highest BCUT2D eigenvalue weighted by atomic mass is 32.2. The van der Waals surface area contributed by atoms with Crippen molar-refractivity contribution in [2.24, 2.45) is 0 Å². The van der Waals surface area contributed by atoms with Crippen molar-refractivity contribution in [3.8, 4) is 5.75 Å². The molecule has 190 valence electrons. The third-order valence-corrected chi connectivity index (χ3v) is 7.50. The first kappa shape index (κ1) is 25.7. The van der Waals surface area contributed by atoms with Crippen LogP contribution < -0.4 is 14.8 Å². The lowest BCUT2D eigenvalue weighted by Crippen LogP contribution is -2.43. The molecular formula is C27H31N3O5S. The predicted molar refractivity (Wildman–Crippen MR) is 139 cm³/mol. The zero-order chi connectivity index (χ0) is 25.5. The molecule has 0 bridgehead atoms. The minimum Gasteiger partial charge on any atom is -0.497 e. The molecule has 36 heavy (non-hydrogen) atoms. The quantitative estimate of drug-likeness (QED) is 0.458. The standard InChI is InChI=1S/C27H31N3O5S/c1-20-5-3-7-23(17-20)29-36(32,33)25-8-4-6-22(18-25)27(31)28-19-26(30-13-15-35-16-14-30)21-9-11-24(34-2)12-10-21/h3-12,17-18,26,29H,13-16,19H2,1-2H3,(H,28,31)/t26-/m1/s1. The fourth-order valence-electron chi connectivity index (χ4n) is 4.19. The zero-order valence-corrected chi connectivity index (χ0v) is 21.3. The van der Waals surface area contributed by atoms with Crippen LogP contribution in [0.2, 0.25) is 0 Å². The number of sulfonamides is 1. The van der Waals surface area contributed by atoms with Gasteiger partial charge in [0.2, 0.25) is 0 Å². The van der Waals surface area contributed by atoms with Crippen LogP contribution in [0.4, 0.5) is 5.69 Å². The second kappa shape index (κ2) is 11.6. The molecule has 1 fully saturated rings. The van der Waals surface area contributed by atoms with Crippen molar-refractivity contribution >= 4 is 21.6 Å². The molecule has 9 heteroatoms. The van der Waals surface area contributed by atoms with Crippen molar-refractivity contribution in [3.05, 3.63) is 89.5 Å². The zero-order valence-electron chi connectivity index (χ0n) is 20.4. The number of rotatable bonds is 9. The van der Waals surface area contributed by atoms with E-state index in [4.69, 9.17) is 9.47 Å². The molecule has 3 aromatic carbocycles. The molecule has 0 radical (unpaired) electrons. The topological polar surface area (TPSA) is 97.0 Å². The fraction of sp³-hybridized carbons (Fsp3) is 0.296. The second-order valence-electron chi connectivity index (χ2n) is 8.65. The number of benzene rings is 3. The summed E-state index contributed by atoms with van der Waals surface area (Å²) in [6.07, 6.45) is 0. The van der Waals surface area contributed by atoms with Gasteiger partial charge in [0.15, 0.2) is 0 Å². The van der Waals surface area contributed by atoms with E-state index in [0.29, 0.717) is 25.4 Å². The maximum absolute atomic E-state index is 13.1. The van der Waals surface area contributed by atoms with Crippen LogP contribution in [-0.4, -0.2) is 59.2 Å². The maximum Gasteiger partial charge on any atom is 0.261 e. The van der Waals surface area contributed by atoms with Crippen LogP contribution >= 0.6 is 0 Å². The van der Waals surface area contributed by atoms with Gasteiger partial charge in [-0.2, -0.15) is 0 Å². The van der Waals surface area contributed by atoms with E-state index in [1.807, 2.05) is 37.3 Å². The number of hydrogen-bond donors (Lipinski definition) is 2. The van der Waals surface area contributed by atoms with Gasteiger partial charge in [-0.25, -0.2) is 8.42 Å². The number of aryl methyl sites for hydroxylation is 1. The van der Waals surface area contributed by atoms with Crippen molar-refractivity contribution in [1.29, 1.82) is 0 Å². The summed E-state index contributed by atoms with van der Waals surface area (Å²) >= 11 is 0. The number of hydrogen-bond acceptors (Lipinski definition) is 6. The van der Waals surface area contributed by atoms with Crippen molar-refractivity contribution in [1.82, 2.24) is 10.2 Å². The molecule has 3 aromatic rings. The number of methoxy groups -OCH3 is 1. The highest BCUT2D eigenvalue weighted by Crippen LogP contribution is 2.24. The number of nitrogens with one attached hydrogen (secondary N) is 2. The van der Waals surface area contributed by atoms with Gasteiger partial charge in [0.05, 0.1) is 31.3 Å². The first-order valence-corrected chi connectivity index (χ1v) is 13.3. The predicted octanol–water partition coefficient (Wildman–Crippen LogP) is 3.61. The van der Waals surface area contributed by atoms with Crippen LogP contribution in [0.1, 0.15) is 27.5 Å². The summed E-state index contributed by atoms with van der Waals surface area (Å²) < 4.78 is 39.2. The van der Waals surface area contributed by atoms with E-state index in [9.17, 15) is 13.2 Å². The summed E-state index contributed by atoms with van der Waals surface area (Å²) in [6, 6.07) is 20.9. The molecule has 0 saturated carbocycles. The van der Waals surface area contributed by atoms with Gasteiger partial charge in [-0.15, -0.1) is 0 Å². The molecule has 1 saturated heterocycles. The summed E-state index contributed by atoms with van der Waals surface area (Å²) in [7, 11) is -2.22. The summed E-state index contributed by atoms with van der Waals surface area (Å²) in [4.78, 5) is 15.4. The lowest BCUT2D eigenvalue weighted by Gasteiger charge is -2.35. The van der Waals surface area contributed by atoms with Gasteiger partial charge in [0, 0.05) is 30.9 Å². The van der Waals surface area contributed by atoms with Crippen molar-refractivity contribution in [3.63, 3.8) is 0 Å². The number of ether oxygens (including phenoxy) is 2. The Morgan fingerprint density at radius 2 is 1.75 bits per heavy atom. The van der Waals surface area contributed by atoms with E-state index in [1.165, 1.54) is 12.1 Å². The molecule has 1 aliphatic heterocycles. The van der Waals surface area contributed by atoms with E-state index < -0.39 is 10.0 Å². The third kappa shape index (κ3) is 6.42. The Hall–Kier alpha value is -3.40. The Labute approximate surface area is 212 Å². The SMILES string of the molecule is COc1ccc([C@@H](CNC(=O)c2cccc(S(=O)(=O)Nc3cccc(C)c3)c2)N2CCOCC2)cc1. The summed E-state index contributed by atoms with van der Waals surface area (Å²) in [5.41, 5.74) is 2.74. The highest BCUT2D eigenvalue weighted by Gasteiger charge is 2.24. The lowest BCUT2D eigenvalue weighted by molar-refractivity contribution is 0.0162. The first-order valence-electron chi connectivity index (χ1n) is 11.8. The number of carbonyl (C=O) groups is 1.